The molecule has 1 aromatic carbocycles. The van der Waals surface area contributed by atoms with Crippen LogP contribution in [-0.4, -0.2) is 53.2 Å². The van der Waals surface area contributed by atoms with Crippen LogP contribution in [0.1, 0.15) is 41.7 Å². The fourth-order valence-electron chi connectivity index (χ4n) is 4.60. The number of nitrogens with zero attached hydrogens (tertiary/aromatic N) is 3. The molecule has 1 aromatic heterocycles. The summed E-state index contributed by atoms with van der Waals surface area (Å²) >= 11 is 1.20. The molecule has 0 radical (unpaired) electrons. The van der Waals surface area contributed by atoms with Gasteiger partial charge in [-0.2, -0.15) is 13.2 Å². The molecule has 2 aromatic rings. The highest BCUT2D eigenvalue weighted by molar-refractivity contribution is 7.15. The Bertz CT molecular complexity index is 1270. The van der Waals surface area contributed by atoms with Crippen LogP contribution in [0.5, 0.6) is 0 Å². The number of aryl methyl sites for hydroxylation is 1. The lowest BCUT2D eigenvalue weighted by Gasteiger charge is -2.43. The number of allylic oxidation sites excluding steroid dienone is 3. The molecule has 1 amide bonds. The average Bonchev–Trinajstić information content (AvgIpc) is 3.19. The van der Waals surface area contributed by atoms with Crippen LogP contribution in [0.25, 0.3) is 10.4 Å². The molecule has 0 saturated carbocycles. The Morgan fingerprint density at radius 3 is 2.55 bits per heavy atom. The maximum absolute atomic E-state index is 14.7. The Hall–Kier alpha value is -3.15. The molecule has 1 fully saturated rings. The molecular weight excluding hydrogens is 530 g/mol. The number of likely N-dealkylation sites (tertiary alicyclic amines) is 1. The minimum absolute atomic E-state index is 0.00263. The molecule has 2 aliphatic rings. The van der Waals surface area contributed by atoms with Gasteiger partial charge >= 0.3 is 6.18 Å². The lowest BCUT2D eigenvalue weighted by molar-refractivity contribution is -0.0913. The number of piperidine rings is 1. The van der Waals surface area contributed by atoms with Crippen molar-refractivity contribution in [2.75, 3.05) is 13.1 Å². The van der Waals surface area contributed by atoms with E-state index in [0.717, 1.165) is 17.2 Å². The summed E-state index contributed by atoms with van der Waals surface area (Å²) < 4.78 is 82.1. The minimum Gasteiger partial charge on any atom is -0.368 e. The number of nitrogens with one attached hydrogen (secondary N) is 1. The summed E-state index contributed by atoms with van der Waals surface area (Å²) in [4.78, 5) is 23.4. The number of hydrogen-bond donors (Lipinski definition) is 1. The molecule has 3 heterocycles. The van der Waals surface area contributed by atoms with Crippen molar-refractivity contribution in [3.8, 4) is 10.4 Å². The van der Waals surface area contributed by atoms with Gasteiger partial charge in [0, 0.05) is 19.2 Å². The number of benzene rings is 1. The number of carbonyl (C=O) groups excluding carboxylic acids is 1. The Morgan fingerprint density at radius 1 is 1.18 bits per heavy atom. The van der Waals surface area contributed by atoms with E-state index >= 15 is 0 Å². The van der Waals surface area contributed by atoms with Gasteiger partial charge in [-0.1, -0.05) is 25.1 Å². The van der Waals surface area contributed by atoms with Crippen molar-refractivity contribution in [2.24, 2.45) is 10.9 Å². The predicted octanol–water partition coefficient (Wildman–Crippen LogP) is 6.53. The van der Waals surface area contributed by atoms with Gasteiger partial charge in [0.2, 0.25) is 0 Å². The number of aliphatic imine (C=N–C) groups is 1. The van der Waals surface area contributed by atoms with Gasteiger partial charge in [-0.05, 0) is 49.5 Å². The number of aromatic nitrogens is 1. The average molecular weight is 557 g/mol. The number of rotatable bonds is 5. The molecule has 2 aliphatic heterocycles. The smallest absolute Gasteiger partial charge is 0.368 e. The Labute approximate surface area is 220 Å². The van der Waals surface area contributed by atoms with Gasteiger partial charge in [0.1, 0.15) is 17.3 Å². The summed E-state index contributed by atoms with van der Waals surface area (Å²) in [7, 11) is 0. The fraction of sp³-hybridized carbons (Fsp3) is 0.423. The quantitative estimate of drug-likeness (QED) is 0.426. The molecular formula is C26H26F6N4OS. The molecule has 0 aliphatic carbocycles. The number of hydrogen-bond acceptors (Lipinski definition) is 5. The van der Waals surface area contributed by atoms with Crippen molar-refractivity contribution < 1.29 is 31.1 Å². The SMILES string of the molecule is Cc1nc(C(=O)N2CC(F)(F)C[C@@H](C)C2CNC2=CCC/C=C(\C(F)(F)F)C=N2)c(-c2ccc(F)cc2)s1. The van der Waals surface area contributed by atoms with Crippen LogP contribution in [0.3, 0.4) is 0 Å². The van der Waals surface area contributed by atoms with E-state index in [4.69, 9.17) is 0 Å². The molecule has 2 atom stereocenters. The van der Waals surface area contributed by atoms with Crippen LogP contribution in [0.15, 0.2) is 52.8 Å². The second-order valence-electron chi connectivity index (χ2n) is 9.42. The van der Waals surface area contributed by atoms with Gasteiger partial charge < -0.3 is 10.2 Å². The summed E-state index contributed by atoms with van der Waals surface area (Å²) in [5.41, 5.74) is -0.328. The number of alkyl halides is 5. The second-order valence-corrected chi connectivity index (χ2v) is 10.6. The van der Waals surface area contributed by atoms with Gasteiger partial charge in [-0.15, -0.1) is 11.3 Å². The van der Waals surface area contributed by atoms with E-state index in [0.29, 0.717) is 21.9 Å². The van der Waals surface area contributed by atoms with E-state index in [2.05, 4.69) is 15.3 Å². The predicted molar refractivity (Wildman–Crippen MR) is 134 cm³/mol. The molecule has 1 unspecified atom stereocenters. The van der Waals surface area contributed by atoms with Crippen LogP contribution < -0.4 is 5.32 Å². The van der Waals surface area contributed by atoms with Crippen molar-refractivity contribution in [1.82, 2.24) is 15.2 Å². The van der Waals surface area contributed by atoms with Crippen LogP contribution in [-0.2, 0) is 0 Å². The number of halogens is 6. The molecule has 5 nitrogen and oxygen atoms in total. The third kappa shape index (κ3) is 6.46. The van der Waals surface area contributed by atoms with E-state index in [1.807, 2.05) is 0 Å². The zero-order chi connectivity index (χ0) is 27.7. The van der Waals surface area contributed by atoms with Crippen molar-refractivity contribution in [3.63, 3.8) is 0 Å². The van der Waals surface area contributed by atoms with E-state index in [1.54, 1.807) is 19.9 Å². The highest BCUT2D eigenvalue weighted by Gasteiger charge is 2.47. The molecule has 38 heavy (non-hydrogen) atoms. The van der Waals surface area contributed by atoms with Crippen LogP contribution in [0.2, 0.25) is 0 Å². The van der Waals surface area contributed by atoms with Crippen molar-refractivity contribution in [3.05, 3.63) is 64.3 Å². The first-order chi connectivity index (χ1) is 17.8. The van der Waals surface area contributed by atoms with E-state index < -0.39 is 54.3 Å². The zero-order valence-corrected chi connectivity index (χ0v) is 21.5. The highest BCUT2D eigenvalue weighted by Crippen LogP contribution is 2.37. The molecule has 4 rings (SSSR count). The normalized spacial score (nSPS) is 23.2. The standard InChI is InChI=1S/C26H26F6N4OS/c1-15-11-25(28,29)14-36(20(15)13-34-21-6-4-3-5-18(12-33-21)26(30,31)32)24(37)22-23(38-16(2)35-22)17-7-9-19(27)10-8-17/h5-10,12,15,20,34H,3-4,11,13-14H2,1-2H3/b18-5-,21-6?,33-12?/t15-,20?/m1/s1. The first kappa shape index (κ1) is 27.9. The summed E-state index contributed by atoms with van der Waals surface area (Å²) in [6.07, 6.45) is -1.09. The van der Waals surface area contributed by atoms with Gasteiger partial charge in [-0.3, -0.25) is 4.79 Å². The van der Waals surface area contributed by atoms with Crippen LogP contribution in [0.4, 0.5) is 26.3 Å². The fourth-order valence-corrected chi connectivity index (χ4v) is 5.52. The summed E-state index contributed by atoms with van der Waals surface area (Å²) in [6, 6.07) is 4.77. The first-order valence-corrected chi connectivity index (χ1v) is 12.8. The van der Waals surface area contributed by atoms with Gasteiger partial charge in [0.05, 0.1) is 28.0 Å². The molecule has 1 N–H and O–H groups in total. The maximum Gasteiger partial charge on any atom is 0.417 e. The van der Waals surface area contributed by atoms with Gasteiger partial charge in [0.25, 0.3) is 11.8 Å². The third-order valence-corrected chi connectivity index (χ3v) is 7.43. The number of thiazole rings is 1. The summed E-state index contributed by atoms with van der Waals surface area (Å²) in [5.74, 6) is -4.73. The molecule has 0 spiro atoms. The van der Waals surface area contributed by atoms with Crippen molar-refractivity contribution in [1.29, 1.82) is 0 Å². The number of amides is 1. The largest absolute Gasteiger partial charge is 0.417 e. The summed E-state index contributed by atoms with van der Waals surface area (Å²) in [5, 5.41) is 3.50. The Kier molecular flexibility index (Phi) is 8.01. The minimum atomic E-state index is -4.54. The van der Waals surface area contributed by atoms with E-state index in [1.165, 1.54) is 35.6 Å². The molecule has 0 bridgehead atoms. The van der Waals surface area contributed by atoms with Gasteiger partial charge in [0.15, 0.2) is 0 Å². The third-order valence-electron chi connectivity index (χ3n) is 6.41. The molecule has 12 heteroatoms. The van der Waals surface area contributed by atoms with E-state index in [9.17, 15) is 31.1 Å². The zero-order valence-electron chi connectivity index (χ0n) is 20.7. The maximum atomic E-state index is 14.7. The topological polar surface area (TPSA) is 57.6 Å². The molecule has 1 saturated heterocycles. The van der Waals surface area contributed by atoms with Crippen LogP contribution >= 0.6 is 11.3 Å². The van der Waals surface area contributed by atoms with Crippen molar-refractivity contribution in [2.45, 2.75) is 51.3 Å². The second kappa shape index (κ2) is 10.9. The van der Waals surface area contributed by atoms with E-state index in [-0.39, 0.29) is 24.5 Å². The molecule has 204 valence electrons. The van der Waals surface area contributed by atoms with Crippen molar-refractivity contribution >= 4 is 23.5 Å². The first-order valence-electron chi connectivity index (χ1n) is 12.0. The summed E-state index contributed by atoms with van der Waals surface area (Å²) in [6.45, 7) is 2.47. The number of carbonyl (C=O) groups is 1. The van der Waals surface area contributed by atoms with Gasteiger partial charge in [-0.25, -0.2) is 23.1 Å². The Morgan fingerprint density at radius 2 is 1.87 bits per heavy atom. The monoisotopic (exact) mass is 556 g/mol. The van der Waals surface area contributed by atoms with Crippen LogP contribution in [0, 0.1) is 18.7 Å². The highest BCUT2D eigenvalue weighted by atomic mass is 32.1. The lowest BCUT2D eigenvalue weighted by Crippen LogP contribution is -2.58. The Balaban J connectivity index is 1.59. The lowest BCUT2D eigenvalue weighted by atomic mass is 9.88.